The maximum Gasteiger partial charge on any atom is 0.224 e. The minimum absolute atomic E-state index is 0.0334. The molecule has 0 fully saturated rings. The highest BCUT2D eigenvalue weighted by Gasteiger charge is 2.20. The number of aromatic nitrogens is 4. The van der Waals surface area contributed by atoms with Crippen LogP contribution in [-0.2, 0) is 11.3 Å². The lowest BCUT2D eigenvalue weighted by Crippen LogP contribution is -2.15. The van der Waals surface area contributed by atoms with Crippen LogP contribution in [0, 0.1) is 0 Å². The van der Waals surface area contributed by atoms with Crippen LogP contribution in [0.4, 0.5) is 5.69 Å². The third kappa shape index (κ3) is 5.07. The summed E-state index contributed by atoms with van der Waals surface area (Å²) < 4.78 is 6.91. The molecule has 28 heavy (non-hydrogen) atoms. The number of Topliss-reactive ketones (excluding diaryl/α,β-unsaturated/α-hetero) is 1. The van der Waals surface area contributed by atoms with E-state index < -0.39 is 0 Å². The maximum absolute atomic E-state index is 12.7. The minimum atomic E-state index is -0.373. The first-order valence-electron chi connectivity index (χ1n) is 8.96. The van der Waals surface area contributed by atoms with Gasteiger partial charge < -0.3 is 9.73 Å². The van der Waals surface area contributed by atoms with E-state index in [2.05, 4.69) is 20.8 Å². The second kappa shape index (κ2) is 9.32. The van der Waals surface area contributed by atoms with E-state index >= 15 is 0 Å². The van der Waals surface area contributed by atoms with Crippen molar-refractivity contribution in [3.63, 3.8) is 0 Å². The summed E-state index contributed by atoms with van der Waals surface area (Å²) in [5, 5.41) is 14.6. The molecule has 0 saturated carbocycles. The summed E-state index contributed by atoms with van der Waals surface area (Å²) in [7, 11) is 0. The first-order chi connectivity index (χ1) is 13.6. The third-order valence-corrected chi connectivity index (χ3v) is 5.04. The molecule has 1 aromatic carbocycles. The first kappa shape index (κ1) is 19.8. The fourth-order valence-electron chi connectivity index (χ4n) is 2.54. The number of nitrogens with one attached hydrogen (secondary N) is 1. The molecule has 0 saturated heterocycles. The molecule has 1 unspecified atom stereocenters. The Morgan fingerprint density at radius 1 is 1.25 bits per heavy atom. The smallest absolute Gasteiger partial charge is 0.224 e. The van der Waals surface area contributed by atoms with Crippen molar-refractivity contribution in [3.05, 3.63) is 54.0 Å². The van der Waals surface area contributed by atoms with Gasteiger partial charge in [-0.25, -0.2) is 4.68 Å². The van der Waals surface area contributed by atoms with Gasteiger partial charge in [-0.05, 0) is 60.2 Å². The van der Waals surface area contributed by atoms with Gasteiger partial charge in [0.05, 0.1) is 11.5 Å². The van der Waals surface area contributed by atoms with Crippen LogP contribution in [0.3, 0.4) is 0 Å². The Morgan fingerprint density at radius 2 is 2.04 bits per heavy atom. The fourth-order valence-corrected chi connectivity index (χ4v) is 3.41. The Balaban J connectivity index is 1.62. The molecule has 0 spiro atoms. The Bertz CT molecular complexity index is 921. The van der Waals surface area contributed by atoms with Crippen molar-refractivity contribution in [1.29, 1.82) is 0 Å². The van der Waals surface area contributed by atoms with E-state index in [1.165, 1.54) is 11.8 Å². The van der Waals surface area contributed by atoms with Gasteiger partial charge in [-0.3, -0.25) is 9.59 Å². The van der Waals surface area contributed by atoms with Gasteiger partial charge in [0, 0.05) is 17.7 Å². The van der Waals surface area contributed by atoms with Gasteiger partial charge in [-0.2, -0.15) is 0 Å². The molecule has 3 rings (SSSR count). The molecule has 2 aromatic heterocycles. The molecule has 1 atom stereocenters. The molecule has 0 radical (unpaired) electrons. The Labute approximate surface area is 166 Å². The number of thioether (sulfide) groups is 1. The number of hydrogen-bond donors (Lipinski definition) is 1. The van der Waals surface area contributed by atoms with Crippen LogP contribution in [0.5, 0.6) is 0 Å². The highest BCUT2D eigenvalue weighted by atomic mass is 32.2. The van der Waals surface area contributed by atoms with E-state index in [0.717, 1.165) is 12.2 Å². The average Bonchev–Trinajstić information content (AvgIpc) is 3.35. The van der Waals surface area contributed by atoms with Crippen LogP contribution in [0.15, 0.2) is 52.2 Å². The van der Waals surface area contributed by atoms with Crippen molar-refractivity contribution in [2.24, 2.45) is 0 Å². The maximum atomic E-state index is 12.7. The second-order valence-corrected chi connectivity index (χ2v) is 7.51. The molecule has 9 heteroatoms. The number of amides is 1. The fraction of sp³-hybridized carbons (Fsp3) is 0.316. The largest absolute Gasteiger partial charge is 0.467 e. The van der Waals surface area contributed by atoms with Gasteiger partial charge in [0.1, 0.15) is 12.3 Å². The summed E-state index contributed by atoms with van der Waals surface area (Å²) in [5.41, 5.74) is 1.25. The normalized spacial score (nSPS) is 11.9. The van der Waals surface area contributed by atoms with Crippen LogP contribution < -0.4 is 5.32 Å². The van der Waals surface area contributed by atoms with Crippen LogP contribution in [0.2, 0.25) is 0 Å². The number of rotatable bonds is 9. The number of anilines is 1. The summed E-state index contributed by atoms with van der Waals surface area (Å²) in [6, 6.07) is 10.5. The first-order valence-corrected chi connectivity index (χ1v) is 9.84. The lowest BCUT2D eigenvalue weighted by atomic mass is 10.1. The van der Waals surface area contributed by atoms with E-state index in [9.17, 15) is 9.59 Å². The minimum Gasteiger partial charge on any atom is -0.467 e. The van der Waals surface area contributed by atoms with Crippen molar-refractivity contribution in [2.75, 3.05) is 5.32 Å². The molecular weight excluding hydrogens is 378 g/mol. The zero-order valence-electron chi connectivity index (χ0n) is 15.7. The summed E-state index contributed by atoms with van der Waals surface area (Å²) in [5.74, 6) is 0.659. The van der Waals surface area contributed by atoms with Crippen molar-refractivity contribution in [1.82, 2.24) is 20.2 Å². The lowest BCUT2D eigenvalue weighted by molar-refractivity contribution is -0.116. The predicted octanol–water partition coefficient (Wildman–Crippen LogP) is 3.42. The average molecular weight is 399 g/mol. The van der Waals surface area contributed by atoms with Crippen LogP contribution in [-0.4, -0.2) is 37.1 Å². The summed E-state index contributed by atoms with van der Waals surface area (Å²) in [4.78, 5) is 24.4. The van der Waals surface area contributed by atoms with Crippen LogP contribution in [0.1, 0.15) is 42.8 Å². The van der Waals surface area contributed by atoms with Crippen molar-refractivity contribution < 1.29 is 14.0 Å². The SMILES string of the molecule is CCCC(=O)Nc1ccc(C(=O)C(C)Sc2nnnn2Cc2ccco2)cc1. The monoisotopic (exact) mass is 399 g/mol. The molecule has 146 valence electrons. The molecule has 1 amide bonds. The molecule has 1 N–H and O–H groups in total. The number of carbonyl (C=O) groups excluding carboxylic acids is 2. The van der Waals surface area contributed by atoms with Gasteiger partial charge in [0.15, 0.2) is 5.78 Å². The number of benzene rings is 1. The zero-order valence-corrected chi connectivity index (χ0v) is 16.5. The molecule has 0 bridgehead atoms. The van der Waals surface area contributed by atoms with Gasteiger partial charge in [0.25, 0.3) is 0 Å². The molecule has 8 nitrogen and oxygen atoms in total. The Morgan fingerprint density at radius 3 is 2.71 bits per heavy atom. The zero-order chi connectivity index (χ0) is 19.9. The predicted molar refractivity (Wildman–Crippen MR) is 105 cm³/mol. The number of nitrogens with zero attached hydrogens (tertiary/aromatic N) is 4. The summed E-state index contributed by atoms with van der Waals surface area (Å²) in [6.45, 7) is 4.16. The number of tetrazole rings is 1. The Hall–Kier alpha value is -2.94. The summed E-state index contributed by atoms with van der Waals surface area (Å²) >= 11 is 1.29. The molecular formula is C19H21N5O3S. The van der Waals surface area contributed by atoms with E-state index in [0.29, 0.717) is 29.4 Å². The highest BCUT2D eigenvalue weighted by molar-refractivity contribution is 8.00. The number of hydrogen-bond acceptors (Lipinski definition) is 7. The van der Waals surface area contributed by atoms with Crippen molar-refractivity contribution in [2.45, 2.75) is 43.6 Å². The van der Waals surface area contributed by atoms with Crippen LogP contribution in [0.25, 0.3) is 0 Å². The molecule has 0 aliphatic heterocycles. The van der Waals surface area contributed by atoms with Crippen molar-refractivity contribution >= 4 is 29.1 Å². The van der Waals surface area contributed by atoms with E-state index in [1.54, 1.807) is 41.3 Å². The molecule has 0 aliphatic rings. The third-order valence-electron chi connectivity index (χ3n) is 3.97. The quantitative estimate of drug-likeness (QED) is 0.434. The highest BCUT2D eigenvalue weighted by Crippen LogP contribution is 2.24. The number of ketones is 1. The second-order valence-electron chi connectivity index (χ2n) is 6.20. The van der Waals surface area contributed by atoms with E-state index in [4.69, 9.17) is 4.42 Å². The van der Waals surface area contributed by atoms with Gasteiger partial charge in [-0.15, -0.1) is 5.10 Å². The number of carbonyl (C=O) groups is 2. The van der Waals surface area contributed by atoms with Gasteiger partial charge >= 0.3 is 0 Å². The Kier molecular flexibility index (Phi) is 6.59. The standard InChI is InChI=1S/C19H21N5O3S/c1-3-5-17(25)20-15-9-7-14(8-10-15)18(26)13(2)28-19-21-22-23-24(19)12-16-6-4-11-27-16/h4,6-11,13H,3,5,12H2,1-2H3,(H,20,25). The van der Waals surface area contributed by atoms with Crippen LogP contribution >= 0.6 is 11.8 Å². The van der Waals surface area contributed by atoms with E-state index in [1.807, 2.05) is 19.9 Å². The molecule has 2 heterocycles. The van der Waals surface area contributed by atoms with Crippen molar-refractivity contribution in [3.8, 4) is 0 Å². The van der Waals surface area contributed by atoms with Gasteiger partial charge in [0.2, 0.25) is 11.1 Å². The van der Waals surface area contributed by atoms with E-state index in [-0.39, 0.29) is 16.9 Å². The van der Waals surface area contributed by atoms with Gasteiger partial charge in [-0.1, -0.05) is 18.7 Å². The molecule has 3 aromatic rings. The topological polar surface area (TPSA) is 103 Å². The lowest BCUT2D eigenvalue weighted by Gasteiger charge is -2.11. The summed E-state index contributed by atoms with van der Waals surface area (Å²) in [6.07, 6.45) is 2.85. The molecule has 0 aliphatic carbocycles. The number of furan rings is 1.